The SMILES string of the molecule is COc1cc(C)c(C)cc1CNC(C)(C)CCO. The number of rotatable bonds is 6. The first-order valence-corrected chi connectivity index (χ1v) is 6.39. The minimum atomic E-state index is -0.0709. The third kappa shape index (κ3) is 4.00. The van der Waals surface area contributed by atoms with Gasteiger partial charge < -0.3 is 15.2 Å². The van der Waals surface area contributed by atoms with Crippen LogP contribution in [0.5, 0.6) is 5.75 Å². The molecule has 1 rings (SSSR count). The number of ether oxygens (including phenoxy) is 1. The Hall–Kier alpha value is -1.06. The summed E-state index contributed by atoms with van der Waals surface area (Å²) in [6.45, 7) is 9.33. The van der Waals surface area contributed by atoms with Crippen molar-refractivity contribution in [2.24, 2.45) is 0 Å². The van der Waals surface area contributed by atoms with E-state index in [9.17, 15) is 0 Å². The second-order valence-electron chi connectivity index (χ2n) is 5.46. The van der Waals surface area contributed by atoms with Crippen LogP contribution in [0.2, 0.25) is 0 Å². The minimum Gasteiger partial charge on any atom is -0.496 e. The molecule has 0 radical (unpaired) electrons. The summed E-state index contributed by atoms with van der Waals surface area (Å²) in [7, 11) is 1.70. The Morgan fingerprint density at radius 1 is 1.22 bits per heavy atom. The van der Waals surface area contributed by atoms with Gasteiger partial charge in [0.2, 0.25) is 0 Å². The summed E-state index contributed by atoms with van der Waals surface area (Å²) in [5.41, 5.74) is 3.60. The number of nitrogens with one attached hydrogen (secondary N) is 1. The molecule has 0 bridgehead atoms. The fourth-order valence-electron chi connectivity index (χ4n) is 1.88. The maximum atomic E-state index is 9.02. The van der Waals surface area contributed by atoms with Gasteiger partial charge in [-0.2, -0.15) is 0 Å². The van der Waals surface area contributed by atoms with Crippen LogP contribution in [0, 0.1) is 13.8 Å². The van der Waals surface area contributed by atoms with Crippen LogP contribution in [-0.4, -0.2) is 24.4 Å². The van der Waals surface area contributed by atoms with E-state index in [4.69, 9.17) is 9.84 Å². The van der Waals surface area contributed by atoms with Gasteiger partial charge in [0, 0.05) is 24.3 Å². The summed E-state index contributed by atoms with van der Waals surface area (Å²) in [4.78, 5) is 0. The van der Waals surface area contributed by atoms with Gasteiger partial charge in [-0.25, -0.2) is 0 Å². The largest absolute Gasteiger partial charge is 0.496 e. The van der Waals surface area contributed by atoms with Crippen molar-refractivity contribution >= 4 is 0 Å². The number of aryl methyl sites for hydroxylation is 2. The highest BCUT2D eigenvalue weighted by atomic mass is 16.5. The number of aliphatic hydroxyl groups is 1. The quantitative estimate of drug-likeness (QED) is 0.816. The van der Waals surface area contributed by atoms with Crippen molar-refractivity contribution < 1.29 is 9.84 Å². The maximum absolute atomic E-state index is 9.02. The molecule has 0 spiro atoms. The van der Waals surface area contributed by atoms with Gasteiger partial charge in [0.25, 0.3) is 0 Å². The highest BCUT2D eigenvalue weighted by Gasteiger charge is 2.17. The van der Waals surface area contributed by atoms with Crippen molar-refractivity contribution in [3.8, 4) is 5.75 Å². The van der Waals surface area contributed by atoms with Crippen LogP contribution < -0.4 is 10.1 Å². The van der Waals surface area contributed by atoms with Crippen molar-refractivity contribution in [3.63, 3.8) is 0 Å². The van der Waals surface area contributed by atoms with Gasteiger partial charge in [0.1, 0.15) is 5.75 Å². The molecule has 0 saturated heterocycles. The van der Waals surface area contributed by atoms with Crippen LogP contribution in [-0.2, 0) is 6.54 Å². The van der Waals surface area contributed by atoms with Gasteiger partial charge >= 0.3 is 0 Å². The summed E-state index contributed by atoms with van der Waals surface area (Å²) in [6.07, 6.45) is 0.736. The van der Waals surface area contributed by atoms with Gasteiger partial charge in [-0.05, 0) is 51.3 Å². The molecule has 0 amide bonds. The molecule has 0 saturated carbocycles. The summed E-state index contributed by atoms with van der Waals surface area (Å²) in [5, 5.41) is 12.5. The summed E-state index contributed by atoms with van der Waals surface area (Å²) < 4.78 is 5.42. The Bertz CT molecular complexity index is 400. The predicted molar refractivity (Wildman–Crippen MR) is 75.1 cm³/mol. The molecule has 0 heterocycles. The lowest BCUT2D eigenvalue weighted by atomic mass is 9.99. The Kier molecular flexibility index (Phi) is 5.17. The maximum Gasteiger partial charge on any atom is 0.123 e. The van der Waals surface area contributed by atoms with Crippen molar-refractivity contribution in [3.05, 3.63) is 28.8 Å². The van der Waals surface area contributed by atoms with Crippen molar-refractivity contribution in [2.45, 2.75) is 46.2 Å². The zero-order valence-electron chi connectivity index (χ0n) is 12.1. The molecule has 1 aromatic rings. The van der Waals surface area contributed by atoms with Crippen LogP contribution in [0.25, 0.3) is 0 Å². The zero-order chi connectivity index (χ0) is 13.8. The zero-order valence-corrected chi connectivity index (χ0v) is 12.1. The Morgan fingerprint density at radius 3 is 2.39 bits per heavy atom. The Labute approximate surface area is 110 Å². The molecular weight excluding hydrogens is 226 g/mol. The van der Waals surface area contributed by atoms with E-state index in [1.165, 1.54) is 11.1 Å². The van der Waals surface area contributed by atoms with E-state index in [2.05, 4.69) is 45.1 Å². The molecule has 3 heteroatoms. The number of hydrogen-bond donors (Lipinski definition) is 2. The Morgan fingerprint density at radius 2 is 1.83 bits per heavy atom. The number of hydrogen-bond acceptors (Lipinski definition) is 3. The molecule has 0 aliphatic carbocycles. The summed E-state index contributed by atoms with van der Waals surface area (Å²) in [6, 6.07) is 4.24. The molecule has 0 aromatic heterocycles. The molecule has 3 nitrogen and oxygen atoms in total. The molecule has 0 unspecified atom stereocenters. The van der Waals surface area contributed by atoms with E-state index in [0.29, 0.717) is 0 Å². The van der Waals surface area contributed by atoms with E-state index in [1.807, 2.05) is 0 Å². The van der Waals surface area contributed by atoms with Crippen LogP contribution in [0.3, 0.4) is 0 Å². The van der Waals surface area contributed by atoms with Crippen molar-refractivity contribution in [1.82, 2.24) is 5.32 Å². The van der Waals surface area contributed by atoms with Crippen molar-refractivity contribution in [2.75, 3.05) is 13.7 Å². The molecule has 2 N–H and O–H groups in total. The van der Waals surface area contributed by atoms with Gasteiger partial charge in [0.05, 0.1) is 7.11 Å². The third-order valence-corrected chi connectivity index (χ3v) is 3.39. The highest BCUT2D eigenvalue weighted by molar-refractivity contribution is 5.41. The van der Waals surface area contributed by atoms with E-state index < -0.39 is 0 Å². The van der Waals surface area contributed by atoms with E-state index in [0.717, 1.165) is 24.3 Å². The number of benzene rings is 1. The first-order valence-electron chi connectivity index (χ1n) is 6.39. The Balaban J connectivity index is 2.81. The van der Waals surface area contributed by atoms with Gasteiger partial charge in [-0.15, -0.1) is 0 Å². The summed E-state index contributed by atoms with van der Waals surface area (Å²) in [5.74, 6) is 0.922. The summed E-state index contributed by atoms with van der Waals surface area (Å²) >= 11 is 0. The van der Waals surface area contributed by atoms with Gasteiger partial charge in [0.15, 0.2) is 0 Å². The minimum absolute atomic E-state index is 0.0709. The van der Waals surface area contributed by atoms with Crippen LogP contribution in [0.1, 0.15) is 37.0 Å². The second kappa shape index (κ2) is 6.21. The lowest BCUT2D eigenvalue weighted by molar-refractivity contribution is 0.229. The fourth-order valence-corrected chi connectivity index (χ4v) is 1.88. The second-order valence-corrected chi connectivity index (χ2v) is 5.46. The molecule has 0 aliphatic heterocycles. The normalized spacial score (nSPS) is 11.7. The lowest BCUT2D eigenvalue weighted by Crippen LogP contribution is -2.39. The topological polar surface area (TPSA) is 41.5 Å². The smallest absolute Gasteiger partial charge is 0.123 e. The van der Waals surface area contributed by atoms with E-state index in [-0.39, 0.29) is 12.1 Å². The number of methoxy groups -OCH3 is 1. The van der Waals surface area contributed by atoms with Crippen LogP contribution in [0.4, 0.5) is 0 Å². The average Bonchev–Trinajstić information content (AvgIpc) is 2.30. The monoisotopic (exact) mass is 251 g/mol. The van der Waals surface area contributed by atoms with E-state index in [1.54, 1.807) is 7.11 Å². The van der Waals surface area contributed by atoms with Crippen LogP contribution in [0.15, 0.2) is 12.1 Å². The molecule has 0 atom stereocenters. The molecular formula is C15H25NO2. The fraction of sp³-hybridized carbons (Fsp3) is 0.600. The van der Waals surface area contributed by atoms with E-state index >= 15 is 0 Å². The third-order valence-electron chi connectivity index (χ3n) is 3.39. The van der Waals surface area contributed by atoms with Gasteiger partial charge in [-0.3, -0.25) is 0 Å². The first-order chi connectivity index (χ1) is 8.39. The lowest BCUT2D eigenvalue weighted by Gasteiger charge is -2.26. The van der Waals surface area contributed by atoms with Crippen LogP contribution >= 0.6 is 0 Å². The first kappa shape index (κ1) is 15.0. The standard InChI is InChI=1S/C15H25NO2/c1-11-8-13(14(18-5)9-12(11)2)10-16-15(3,4)6-7-17/h8-9,16-17H,6-7,10H2,1-5H3. The van der Waals surface area contributed by atoms with Gasteiger partial charge in [-0.1, -0.05) is 6.07 Å². The average molecular weight is 251 g/mol. The predicted octanol–water partition coefficient (Wildman–Crippen LogP) is 2.56. The number of aliphatic hydroxyl groups excluding tert-OH is 1. The molecule has 1 aromatic carbocycles. The molecule has 0 aliphatic rings. The molecule has 0 fully saturated rings. The molecule has 102 valence electrons. The molecule has 18 heavy (non-hydrogen) atoms. The van der Waals surface area contributed by atoms with Crippen molar-refractivity contribution in [1.29, 1.82) is 0 Å². The highest BCUT2D eigenvalue weighted by Crippen LogP contribution is 2.23.